The van der Waals surface area contributed by atoms with Gasteiger partial charge in [-0.3, -0.25) is 4.99 Å². The molecule has 0 aromatic carbocycles. The highest BCUT2D eigenvalue weighted by Crippen LogP contribution is 1.71. The van der Waals surface area contributed by atoms with Crippen molar-refractivity contribution >= 4 is 6.21 Å². The highest BCUT2D eigenvalue weighted by atomic mass is 14.9. The molecule has 0 aliphatic carbocycles. The summed E-state index contributed by atoms with van der Waals surface area (Å²) in [6.45, 7) is 0.840. The van der Waals surface area contributed by atoms with Crippen LogP contribution in [0.2, 0.25) is 0 Å². The third-order valence-corrected chi connectivity index (χ3v) is 0.542. The highest BCUT2D eigenvalue weighted by Gasteiger charge is 1.75. The molecule has 0 bridgehead atoms. The van der Waals surface area contributed by atoms with E-state index in [4.69, 9.17) is 0 Å². The first kappa shape index (κ1) is 3.40. The van der Waals surface area contributed by atoms with Gasteiger partial charge in [-0.15, -0.1) is 0 Å². The Labute approximate surface area is 36.6 Å². The predicted octanol–water partition coefficient (Wildman–Crippen LogP) is -0.0652. The van der Waals surface area contributed by atoms with Crippen LogP contribution in [0.1, 0.15) is 0 Å². The number of nitrogens with one attached hydrogen (secondary N) is 1. The minimum Gasteiger partial charge on any atom is -0.384 e. The first-order valence-electron chi connectivity index (χ1n) is 1.82. The fourth-order valence-electron chi connectivity index (χ4n) is 0.293. The summed E-state index contributed by atoms with van der Waals surface area (Å²) in [7, 11) is 0. The fourth-order valence-corrected chi connectivity index (χ4v) is 0.293. The molecule has 0 aromatic rings. The monoisotopic (exact) mass is 81.0 g/mol. The summed E-state index contributed by atoms with van der Waals surface area (Å²) in [6, 6.07) is 0. The van der Waals surface area contributed by atoms with Crippen molar-refractivity contribution in [3.8, 4) is 0 Å². The van der Waals surface area contributed by atoms with Crippen LogP contribution in [0.15, 0.2) is 11.2 Å². The van der Waals surface area contributed by atoms with Gasteiger partial charge in [-0.25, -0.2) is 0 Å². The molecule has 2 nitrogen and oxygen atoms in total. The van der Waals surface area contributed by atoms with Gasteiger partial charge in [0, 0.05) is 19.0 Å². The molecule has 1 N–H and O–H groups in total. The zero-order valence-corrected chi connectivity index (χ0v) is 3.31. The maximum absolute atomic E-state index is 3.68. The van der Waals surface area contributed by atoms with E-state index in [1.165, 1.54) is 0 Å². The van der Waals surface area contributed by atoms with Gasteiger partial charge in [0.1, 0.15) is 6.20 Å². The largest absolute Gasteiger partial charge is 0.384 e. The molecule has 0 spiro atoms. The summed E-state index contributed by atoms with van der Waals surface area (Å²) >= 11 is 0. The number of rotatable bonds is 0. The van der Waals surface area contributed by atoms with E-state index in [1.807, 2.05) is 0 Å². The van der Waals surface area contributed by atoms with Gasteiger partial charge in [-0.2, -0.15) is 0 Å². The molecule has 1 rings (SSSR count). The van der Waals surface area contributed by atoms with Crippen molar-refractivity contribution in [1.82, 2.24) is 5.32 Å². The predicted molar refractivity (Wildman–Crippen MR) is 24.3 cm³/mol. The second-order valence-electron chi connectivity index (χ2n) is 0.993. The first-order valence-corrected chi connectivity index (χ1v) is 1.82. The number of aliphatic imine (C=N–C) groups is 1. The van der Waals surface area contributed by atoms with E-state index >= 15 is 0 Å². The quantitative estimate of drug-likeness (QED) is 0.434. The van der Waals surface area contributed by atoms with E-state index in [-0.39, 0.29) is 0 Å². The summed E-state index contributed by atoms with van der Waals surface area (Å²) in [5, 5.41) is 2.90. The molecule has 1 radical (unpaired) electrons. The van der Waals surface area contributed by atoms with E-state index in [9.17, 15) is 0 Å². The molecule has 0 amide bonds. The topological polar surface area (TPSA) is 24.4 Å². The molecular formula is C4H5N2. The lowest BCUT2D eigenvalue weighted by Crippen LogP contribution is -2.10. The van der Waals surface area contributed by atoms with Crippen LogP contribution in [0.5, 0.6) is 0 Å². The third kappa shape index (κ3) is 0.578. The van der Waals surface area contributed by atoms with Gasteiger partial charge in [0.15, 0.2) is 0 Å². The Morgan fingerprint density at radius 1 is 1.83 bits per heavy atom. The number of hydrogen-bond acceptors (Lipinski definition) is 2. The Morgan fingerprint density at radius 2 is 2.83 bits per heavy atom. The van der Waals surface area contributed by atoms with Crippen LogP contribution in [0, 0.1) is 6.20 Å². The minimum absolute atomic E-state index is 0.840. The second kappa shape index (κ2) is 1.60. The lowest BCUT2D eigenvalue weighted by molar-refractivity contribution is 0.995. The van der Waals surface area contributed by atoms with Gasteiger partial charge < -0.3 is 5.32 Å². The lowest BCUT2D eigenvalue weighted by atomic mass is 10.6. The standard InChI is InChI=1S/C4H5N2/c1-2-6-4-3-5-1/h1,4,6H,2H2. The minimum atomic E-state index is 0.840. The molecule has 1 heterocycles. The zero-order valence-electron chi connectivity index (χ0n) is 3.31. The molecule has 0 fully saturated rings. The van der Waals surface area contributed by atoms with Crippen LogP contribution in [0.4, 0.5) is 0 Å². The summed E-state index contributed by atoms with van der Waals surface area (Å²) in [5.41, 5.74) is 0. The Morgan fingerprint density at radius 3 is 3.00 bits per heavy atom. The average molecular weight is 81.1 g/mol. The molecule has 6 heavy (non-hydrogen) atoms. The summed E-state index contributed by atoms with van der Waals surface area (Å²) < 4.78 is 0. The van der Waals surface area contributed by atoms with Crippen molar-refractivity contribution in [2.45, 2.75) is 0 Å². The van der Waals surface area contributed by atoms with Gasteiger partial charge in [0.2, 0.25) is 0 Å². The van der Waals surface area contributed by atoms with Crippen molar-refractivity contribution in [3.05, 3.63) is 12.4 Å². The van der Waals surface area contributed by atoms with Crippen LogP contribution in [-0.2, 0) is 0 Å². The summed E-state index contributed by atoms with van der Waals surface area (Å²) in [5.74, 6) is 0. The van der Waals surface area contributed by atoms with Crippen LogP contribution >= 0.6 is 0 Å². The third-order valence-electron chi connectivity index (χ3n) is 0.542. The second-order valence-corrected chi connectivity index (χ2v) is 0.993. The molecule has 0 aromatic heterocycles. The fraction of sp³-hybridized carbons (Fsp3) is 0.250. The van der Waals surface area contributed by atoms with Crippen molar-refractivity contribution in [3.63, 3.8) is 0 Å². The highest BCUT2D eigenvalue weighted by molar-refractivity contribution is 5.60. The molecule has 1 aliphatic rings. The Kier molecular flexibility index (Phi) is 0.906. The molecular weight excluding hydrogens is 76.1 g/mol. The van der Waals surface area contributed by atoms with Crippen molar-refractivity contribution < 1.29 is 0 Å². The number of hydrogen-bond donors (Lipinski definition) is 1. The molecule has 0 atom stereocenters. The molecule has 0 unspecified atom stereocenters. The summed E-state index contributed by atoms with van der Waals surface area (Å²) in [6.07, 6.45) is 6.08. The maximum Gasteiger partial charge on any atom is 0.105 e. The van der Waals surface area contributed by atoms with Crippen molar-refractivity contribution in [2.75, 3.05) is 6.54 Å². The van der Waals surface area contributed by atoms with Gasteiger partial charge in [0.05, 0.1) is 0 Å². The van der Waals surface area contributed by atoms with Crippen molar-refractivity contribution in [2.24, 2.45) is 4.99 Å². The number of nitrogens with zero attached hydrogens (tertiary/aromatic N) is 1. The normalized spacial score (nSPS) is 17.3. The smallest absolute Gasteiger partial charge is 0.105 e. The molecule has 2 heteroatoms. The van der Waals surface area contributed by atoms with E-state index in [2.05, 4.69) is 16.5 Å². The van der Waals surface area contributed by atoms with Gasteiger partial charge in [-0.05, 0) is 0 Å². The van der Waals surface area contributed by atoms with Gasteiger partial charge >= 0.3 is 0 Å². The summed E-state index contributed by atoms with van der Waals surface area (Å²) in [4.78, 5) is 3.68. The zero-order chi connectivity index (χ0) is 4.24. The first-order chi connectivity index (χ1) is 3.00. The Hall–Kier alpha value is -0.790. The van der Waals surface area contributed by atoms with Crippen LogP contribution in [0.25, 0.3) is 0 Å². The van der Waals surface area contributed by atoms with Gasteiger partial charge in [0.25, 0.3) is 0 Å². The van der Waals surface area contributed by atoms with Crippen LogP contribution in [0.3, 0.4) is 0 Å². The lowest BCUT2D eigenvalue weighted by Gasteiger charge is -1.92. The van der Waals surface area contributed by atoms with E-state index in [0.717, 1.165) is 6.54 Å². The average Bonchev–Trinajstić information content (AvgIpc) is 1.72. The van der Waals surface area contributed by atoms with Crippen LogP contribution < -0.4 is 5.32 Å². The molecule has 31 valence electrons. The van der Waals surface area contributed by atoms with E-state index < -0.39 is 0 Å². The van der Waals surface area contributed by atoms with Crippen LogP contribution in [-0.4, -0.2) is 12.8 Å². The molecule has 0 saturated heterocycles. The SMILES string of the molecule is [C]1=CNCC=N1. The van der Waals surface area contributed by atoms with Crippen molar-refractivity contribution in [1.29, 1.82) is 0 Å². The molecule has 1 aliphatic heterocycles. The Bertz CT molecular complexity index is 71.5. The van der Waals surface area contributed by atoms with E-state index in [1.54, 1.807) is 12.4 Å². The Balaban J connectivity index is 2.46. The van der Waals surface area contributed by atoms with E-state index in [0.29, 0.717) is 0 Å². The molecule has 0 saturated carbocycles. The van der Waals surface area contributed by atoms with Gasteiger partial charge in [-0.1, -0.05) is 0 Å². The maximum atomic E-state index is 3.68.